The first-order valence-electron chi connectivity index (χ1n) is 8.41. The van der Waals surface area contributed by atoms with Crippen LogP contribution in [0.25, 0.3) is 10.2 Å². The molecule has 0 saturated carbocycles. The normalized spacial score (nSPS) is 10.8. The zero-order valence-electron chi connectivity index (χ0n) is 15.4. The molecule has 0 atom stereocenters. The number of carbonyl (C=O) groups excluding carboxylic acids is 2. The number of rotatable bonds is 7. The summed E-state index contributed by atoms with van der Waals surface area (Å²) < 4.78 is 5.95. The van der Waals surface area contributed by atoms with E-state index in [4.69, 9.17) is 4.74 Å². The first-order valence-corrected chi connectivity index (χ1v) is 10.1. The van der Waals surface area contributed by atoms with Crippen molar-refractivity contribution in [3.05, 3.63) is 38.2 Å². The zero-order chi connectivity index (χ0) is 21.1. The van der Waals surface area contributed by atoms with Crippen molar-refractivity contribution in [1.82, 2.24) is 14.5 Å². The van der Waals surface area contributed by atoms with Gasteiger partial charge in [0, 0.05) is 5.38 Å². The second-order valence-corrected chi connectivity index (χ2v) is 7.75. The van der Waals surface area contributed by atoms with E-state index in [1.165, 1.54) is 13.3 Å². The molecule has 10 nitrogen and oxygen atoms in total. The van der Waals surface area contributed by atoms with Crippen molar-refractivity contribution in [2.75, 3.05) is 11.9 Å². The average Bonchev–Trinajstić information content (AvgIpc) is 3.22. The number of thiophene rings is 1. The number of hydrogen-bond acceptors (Lipinski definition) is 9. The molecule has 12 heteroatoms. The van der Waals surface area contributed by atoms with Crippen molar-refractivity contribution in [3.63, 3.8) is 0 Å². The molecule has 0 saturated heterocycles. The summed E-state index contributed by atoms with van der Waals surface area (Å²) in [7, 11) is 0. The van der Waals surface area contributed by atoms with E-state index in [1.54, 1.807) is 12.3 Å². The fourth-order valence-corrected chi connectivity index (χ4v) is 4.30. The van der Waals surface area contributed by atoms with Crippen molar-refractivity contribution in [2.24, 2.45) is 0 Å². The third-order valence-corrected chi connectivity index (χ3v) is 5.85. The Morgan fingerprint density at radius 1 is 1.34 bits per heavy atom. The molecule has 2 N–H and O–H groups in total. The summed E-state index contributed by atoms with van der Waals surface area (Å²) in [5, 5.41) is 13.9. The third kappa shape index (κ3) is 4.49. The molecule has 0 aliphatic heterocycles. The van der Waals surface area contributed by atoms with E-state index in [2.05, 4.69) is 15.3 Å². The number of carbonyl (C=O) groups is 3. The van der Waals surface area contributed by atoms with Gasteiger partial charge in [-0.25, -0.2) is 14.8 Å². The summed E-state index contributed by atoms with van der Waals surface area (Å²) in [6.07, 6.45) is 1.21. The molecule has 3 heterocycles. The van der Waals surface area contributed by atoms with Crippen LogP contribution in [-0.4, -0.2) is 44.1 Å². The van der Waals surface area contributed by atoms with E-state index >= 15 is 0 Å². The number of thiazole rings is 1. The topological polar surface area (TPSA) is 140 Å². The number of carboxylic acid groups (broad SMARTS) is 1. The average molecular weight is 436 g/mol. The van der Waals surface area contributed by atoms with Crippen LogP contribution in [0.5, 0.6) is 0 Å². The Bertz CT molecular complexity index is 1160. The SMILES string of the molecule is CCOC(=O)Cc1csc(NC(=O)Cn2cnc3sc(C(=O)O)c(C)c3c2=O)n1. The Labute approximate surface area is 171 Å². The number of aryl methyl sites for hydroxylation is 1. The molecule has 0 radical (unpaired) electrons. The van der Waals surface area contributed by atoms with Gasteiger partial charge < -0.3 is 15.2 Å². The van der Waals surface area contributed by atoms with Crippen molar-refractivity contribution in [3.8, 4) is 0 Å². The number of carboxylic acids is 1. The lowest BCUT2D eigenvalue weighted by atomic mass is 10.2. The Kier molecular flexibility index (Phi) is 6.03. The minimum absolute atomic E-state index is 0.00357. The van der Waals surface area contributed by atoms with E-state index in [0.717, 1.165) is 27.2 Å². The van der Waals surface area contributed by atoms with E-state index in [-0.39, 0.29) is 35.0 Å². The first-order chi connectivity index (χ1) is 13.8. The molecule has 152 valence electrons. The van der Waals surface area contributed by atoms with Crippen molar-refractivity contribution >= 4 is 55.9 Å². The van der Waals surface area contributed by atoms with Crippen LogP contribution < -0.4 is 10.9 Å². The molecule has 3 aromatic heterocycles. The Balaban J connectivity index is 1.73. The maximum Gasteiger partial charge on any atom is 0.346 e. The van der Waals surface area contributed by atoms with Gasteiger partial charge in [0.1, 0.15) is 16.3 Å². The van der Waals surface area contributed by atoms with Gasteiger partial charge in [-0.3, -0.25) is 19.0 Å². The number of hydrogen-bond donors (Lipinski definition) is 2. The lowest BCUT2D eigenvalue weighted by Gasteiger charge is -2.05. The molecular formula is C17H16N4O6S2. The summed E-state index contributed by atoms with van der Waals surface area (Å²) >= 11 is 2.06. The molecule has 0 aliphatic rings. The van der Waals surface area contributed by atoms with Crippen LogP contribution in [0.4, 0.5) is 5.13 Å². The van der Waals surface area contributed by atoms with E-state index in [9.17, 15) is 24.3 Å². The number of amides is 1. The molecule has 0 aromatic carbocycles. The van der Waals surface area contributed by atoms with Crippen LogP contribution in [0.15, 0.2) is 16.5 Å². The molecule has 29 heavy (non-hydrogen) atoms. The Morgan fingerprint density at radius 2 is 2.10 bits per heavy atom. The predicted molar refractivity (Wildman–Crippen MR) is 107 cm³/mol. The van der Waals surface area contributed by atoms with Crippen LogP contribution in [-0.2, 0) is 27.3 Å². The highest BCUT2D eigenvalue weighted by molar-refractivity contribution is 7.20. The molecular weight excluding hydrogens is 420 g/mol. The number of ether oxygens (including phenoxy) is 1. The van der Waals surface area contributed by atoms with Gasteiger partial charge in [0.2, 0.25) is 5.91 Å². The zero-order valence-corrected chi connectivity index (χ0v) is 17.1. The number of aromatic carboxylic acids is 1. The molecule has 0 fully saturated rings. The lowest BCUT2D eigenvalue weighted by Crippen LogP contribution is -2.27. The molecule has 3 rings (SSSR count). The third-order valence-electron chi connectivity index (χ3n) is 3.85. The quantitative estimate of drug-likeness (QED) is 0.533. The Hall–Kier alpha value is -3.12. The standard InChI is InChI=1S/C17H16N4O6S2/c1-3-27-11(23)4-9-6-28-17(19-9)20-10(22)5-21-7-18-14-12(15(21)24)8(2)13(29-14)16(25)26/h6-7H,3-5H2,1-2H3,(H,25,26)(H,19,20,22). The summed E-state index contributed by atoms with van der Waals surface area (Å²) in [5.74, 6) is -2.04. The summed E-state index contributed by atoms with van der Waals surface area (Å²) in [4.78, 5) is 56.3. The number of nitrogens with zero attached hydrogens (tertiary/aromatic N) is 3. The summed E-state index contributed by atoms with van der Waals surface area (Å²) in [6, 6.07) is 0. The van der Waals surface area contributed by atoms with Gasteiger partial charge in [0.15, 0.2) is 5.13 Å². The molecule has 0 bridgehead atoms. The lowest BCUT2D eigenvalue weighted by molar-refractivity contribution is -0.142. The highest BCUT2D eigenvalue weighted by Crippen LogP contribution is 2.26. The maximum atomic E-state index is 12.7. The maximum absolute atomic E-state index is 12.7. The van der Waals surface area contributed by atoms with E-state index < -0.39 is 23.4 Å². The van der Waals surface area contributed by atoms with Gasteiger partial charge in [0.05, 0.1) is 30.4 Å². The molecule has 3 aromatic rings. The van der Waals surface area contributed by atoms with Gasteiger partial charge in [-0.1, -0.05) is 0 Å². The number of esters is 1. The number of fused-ring (bicyclic) bond motifs is 1. The summed E-state index contributed by atoms with van der Waals surface area (Å²) in [5.41, 5.74) is 0.306. The second-order valence-electron chi connectivity index (χ2n) is 5.89. The van der Waals surface area contributed by atoms with Crippen LogP contribution in [0.1, 0.15) is 27.9 Å². The van der Waals surface area contributed by atoms with Crippen molar-refractivity contribution in [2.45, 2.75) is 26.8 Å². The minimum atomic E-state index is -1.13. The van der Waals surface area contributed by atoms with Crippen molar-refractivity contribution < 1.29 is 24.2 Å². The highest BCUT2D eigenvalue weighted by Gasteiger charge is 2.19. The van der Waals surface area contributed by atoms with Gasteiger partial charge in [0.25, 0.3) is 5.56 Å². The van der Waals surface area contributed by atoms with Gasteiger partial charge in [-0.05, 0) is 19.4 Å². The van der Waals surface area contributed by atoms with Crippen molar-refractivity contribution in [1.29, 1.82) is 0 Å². The van der Waals surface area contributed by atoms with Gasteiger partial charge >= 0.3 is 11.9 Å². The predicted octanol–water partition coefficient (Wildman–Crippen LogP) is 1.67. The molecule has 0 spiro atoms. The molecule has 0 aliphatic carbocycles. The number of nitrogens with one attached hydrogen (secondary N) is 1. The second kappa shape index (κ2) is 8.49. The molecule has 0 unspecified atom stereocenters. The van der Waals surface area contributed by atoms with Crippen LogP contribution in [0.3, 0.4) is 0 Å². The number of anilines is 1. The fourth-order valence-electron chi connectivity index (χ4n) is 2.59. The Morgan fingerprint density at radius 3 is 2.79 bits per heavy atom. The van der Waals surface area contributed by atoms with Crippen LogP contribution >= 0.6 is 22.7 Å². The van der Waals surface area contributed by atoms with Gasteiger partial charge in [-0.2, -0.15) is 0 Å². The van der Waals surface area contributed by atoms with Crippen LogP contribution in [0, 0.1) is 6.92 Å². The van der Waals surface area contributed by atoms with Crippen LogP contribution in [0.2, 0.25) is 0 Å². The number of aromatic nitrogens is 3. The monoisotopic (exact) mass is 436 g/mol. The fraction of sp³-hybridized carbons (Fsp3) is 0.294. The molecule has 1 amide bonds. The first kappa shape index (κ1) is 20.6. The highest BCUT2D eigenvalue weighted by atomic mass is 32.1. The largest absolute Gasteiger partial charge is 0.477 e. The van der Waals surface area contributed by atoms with E-state index in [0.29, 0.717) is 16.1 Å². The van der Waals surface area contributed by atoms with E-state index in [1.807, 2.05) is 0 Å². The smallest absolute Gasteiger partial charge is 0.346 e. The van der Waals surface area contributed by atoms with Gasteiger partial charge in [-0.15, -0.1) is 22.7 Å². The minimum Gasteiger partial charge on any atom is -0.477 e. The summed E-state index contributed by atoms with van der Waals surface area (Å²) in [6.45, 7) is 3.21.